The molecule has 3 rings (SSSR count). The predicted molar refractivity (Wildman–Crippen MR) is 100 cm³/mol. The fourth-order valence-electron chi connectivity index (χ4n) is 4.04. The first-order valence-corrected chi connectivity index (χ1v) is 11.2. The fraction of sp³-hybridized carbons (Fsp3) is 0.632. The van der Waals surface area contributed by atoms with Crippen LogP contribution in [0.2, 0.25) is 0 Å². The van der Waals surface area contributed by atoms with Gasteiger partial charge in [-0.05, 0) is 50.9 Å². The lowest BCUT2D eigenvalue weighted by molar-refractivity contribution is -0.0349. The van der Waals surface area contributed by atoms with Gasteiger partial charge in [-0.1, -0.05) is 18.6 Å². The van der Waals surface area contributed by atoms with Crippen LogP contribution in [0.5, 0.6) is 0 Å². The standard InChI is InChI=1S/C19H28N2O4S/c1-26(23,24)17-8-4-3-7-16(17)18(22)20-15-19(9-13-25-14-10-19)21-11-5-2-6-12-21/h3-4,7-8H,2,5-6,9-15H2,1H3,(H,20,22). The van der Waals surface area contributed by atoms with Crippen LogP contribution in [0.4, 0.5) is 0 Å². The van der Waals surface area contributed by atoms with Crippen molar-refractivity contribution < 1.29 is 17.9 Å². The van der Waals surface area contributed by atoms with Crippen LogP contribution in [0.3, 0.4) is 0 Å². The van der Waals surface area contributed by atoms with Crippen molar-refractivity contribution in [2.24, 2.45) is 0 Å². The summed E-state index contributed by atoms with van der Waals surface area (Å²) < 4.78 is 29.5. The number of amides is 1. The van der Waals surface area contributed by atoms with E-state index in [0.717, 1.165) is 32.2 Å². The average molecular weight is 381 g/mol. The van der Waals surface area contributed by atoms with Crippen molar-refractivity contribution in [3.05, 3.63) is 29.8 Å². The second kappa shape index (κ2) is 8.06. The summed E-state index contributed by atoms with van der Waals surface area (Å²) in [5, 5.41) is 3.02. The van der Waals surface area contributed by atoms with Gasteiger partial charge in [0.05, 0.1) is 10.5 Å². The molecule has 2 saturated heterocycles. The van der Waals surface area contributed by atoms with Gasteiger partial charge in [-0.25, -0.2) is 8.42 Å². The summed E-state index contributed by atoms with van der Waals surface area (Å²) in [5.41, 5.74) is 0.129. The number of rotatable bonds is 5. The molecular weight excluding hydrogens is 352 g/mol. The van der Waals surface area contributed by atoms with E-state index in [4.69, 9.17) is 4.74 Å². The van der Waals surface area contributed by atoms with Crippen LogP contribution >= 0.6 is 0 Å². The highest BCUT2D eigenvalue weighted by atomic mass is 32.2. The second-order valence-corrected chi connectivity index (χ2v) is 9.32. The molecule has 6 nitrogen and oxygen atoms in total. The van der Waals surface area contributed by atoms with Gasteiger partial charge in [0.15, 0.2) is 9.84 Å². The first-order valence-electron chi connectivity index (χ1n) is 9.32. The molecule has 2 heterocycles. The topological polar surface area (TPSA) is 75.7 Å². The number of hydrogen-bond acceptors (Lipinski definition) is 5. The van der Waals surface area contributed by atoms with E-state index in [2.05, 4.69) is 10.2 Å². The molecule has 26 heavy (non-hydrogen) atoms. The third-order valence-electron chi connectivity index (χ3n) is 5.56. The zero-order chi connectivity index (χ0) is 18.6. The Bertz CT molecular complexity index is 736. The molecule has 1 aromatic carbocycles. The van der Waals surface area contributed by atoms with E-state index < -0.39 is 9.84 Å². The molecule has 0 aliphatic carbocycles. The largest absolute Gasteiger partial charge is 0.381 e. The first-order chi connectivity index (χ1) is 12.4. The minimum absolute atomic E-state index is 0.0801. The monoisotopic (exact) mass is 380 g/mol. The van der Waals surface area contributed by atoms with Crippen LogP contribution in [0.1, 0.15) is 42.5 Å². The predicted octanol–water partition coefficient (Wildman–Crippen LogP) is 1.85. The maximum Gasteiger partial charge on any atom is 0.252 e. The zero-order valence-electron chi connectivity index (χ0n) is 15.4. The Balaban J connectivity index is 1.76. The highest BCUT2D eigenvalue weighted by Gasteiger charge is 2.39. The quantitative estimate of drug-likeness (QED) is 0.844. The summed E-state index contributed by atoms with van der Waals surface area (Å²) >= 11 is 0. The minimum atomic E-state index is -3.45. The third kappa shape index (κ3) is 4.27. The van der Waals surface area contributed by atoms with Crippen molar-refractivity contribution in [1.82, 2.24) is 10.2 Å². The number of carbonyl (C=O) groups excluding carboxylic acids is 1. The van der Waals surface area contributed by atoms with Crippen molar-refractivity contribution in [2.45, 2.75) is 42.5 Å². The molecule has 2 aliphatic rings. The summed E-state index contributed by atoms with van der Waals surface area (Å²) in [6.45, 7) is 4.03. The summed E-state index contributed by atoms with van der Waals surface area (Å²) in [5.74, 6) is -0.325. The van der Waals surface area contributed by atoms with Gasteiger partial charge in [0.1, 0.15) is 0 Å². The lowest BCUT2D eigenvalue weighted by atomic mass is 9.86. The van der Waals surface area contributed by atoms with Gasteiger partial charge in [-0.15, -0.1) is 0 Å². The number of nitrogens with one attached hydrogen (secondary N) is 1. The SMILES string of the molecule is CS(=O)(=O)c1ccccc1C(=O)NCC1(N2CCCCC2)CCOCC1. The first kappa shape index (κ1) is 19.3. The molecule has 144 valence electrons. The van der Waals surface area contributed by atoms with Crippen molar-refractivity contribution in [3.63, 3.8) is 0 Å². The number of nitrogens with zero attached hydrogens (tertiary/aromatic N) is 1. The molecule has 0 unspecified atom stereocenters. The van der Waals surface area contributed by atoms with Gasteiger partial charge < -0.3 is 10.1 Å². The molecule has 2 fully saturated rings. The van der Waals surface area contributed by atoms with Gasteiger partial charge in [0, 0.05) is 31.6 Å². The number of sulfone groups is 1. The van der Waals surface area contributed by atoms with Crippen LogP contribution < -0.4 is 5.32 Å². The zero-order valence-corrected chi connectivity index (χ0v) is 16.2. The van der Waals surface area contributed by atoms with Gasteiger partial charge in [0.2, 0.25) is 0 Å². The van der Waals surface area contributed by atoms with Crippen LogP contribution in [-0.4, -0.2) is 63.9 Å². The van der Waals surface area contributed by atoms with Crippen LogP contribution in [-0.2, 0) is 14.6 Å². The highest BCUT2D eigenvalue weighted by Crippen LogP contribution is 2.30. The molecular formula is C19H28N2O4S. The van der Waals surface area contributed by atoms with E-state index in [1.54, 1.807) is 18.2 Å². The summed E-state index contributed by atoms with van der Waals surface area (Å²) in [4.78, 5) is 15.3. The molecule has 0 aromatic heterocycles. The van der Waals surface area contributed by atoms with E-state index in [9.17, 15) is 13.2 Å². The Morgan fingerprint density at radius 1 is 1.15 bits per heavy atom. The molecule has 0 radical (unpaired) electrons. The Labute approximate surface area is 155 Å². The highest BCUT2D eigenvalue weighted by molar-refractivity contribution is 7.90. The summed E-state index contributed by atoms with van der Waals surface area (Å²) in [6.07, 6.45) is 6.55. The fourth-order valence-corrected chi connectivity index (χ4v) is 4.93. The Morgan fingerprint density at radius 3 is 2.46 bits per heavy atom. The van der Waals surface area contributed by atoms with Crippen LogP contribution in [0.15, 0.2) is 29.2 Å². The molecule has 0 bridgehead atoms. The van der Waals surface area contributed by atoms with E-state index in [1.807, 2.05) is 0 Å². The molecule has 7 heteroatoms. The molecule has 0 atom stereocenters. The van der Waals surface area contributed by atoms with Crippen LogP contribution in [0.25, 0.3) is 0 Å². The van der Waals surface area contributed by atoms with E-state index in [-0.39, 0.29) is 21.9 Å². The Hall–Kier alpha value is -1.44. The molecule has 0 saturated carbocycles. The van der Waals surface area contributed by atoms with Crippen molar-refractivity contribution >= 4 is 15.7 Å². The smallest absolute Gasteiger partial charge is 0.252 e. The van der Waals surface area contributed by atoms with Crippen molar-refractivity contribution in [3.8, 4) is 0 Å². The number of likely N-dealkylation sites (tertiary alicyclic amines) is 1. The van der Waals surface area contributed by atoms with Crippen LogP contribution in [0, 0.1) is 0 Å². The number of benzene rings is 1. The minimum Gasteiger partial charge on any atom is -0.381 e. The third-order valence-corrected chi connectivity index (χ3v) is 6.71. The lowest BCUT2D eigenvalue weighted by Gasteiger charge is -2.48. The average Bonchev–Trinajstić information content (AvgIpc) is 2.67. The maximum atomic E-state index is 12.8. The number of piperidine rings is 1. The van der Waals surface area contributed by atoms with Gasteiger partial charge in [-0.2, -0.15) is 0 Å². The number of hydrogen-bond donors (Lipinski definition) is 1. The van der Waals surface area contributed by atoms with Crippen molar-refractivity contribution in [1.29, 1.82) is 0 Å². The summed E-state index contributed by atoms with van der Waals surface area (Å²) in [6, 6.07) is 6.39. The van der Waals surface area contributed by atoms with E-state index in [1.165, 1.54) is 25.3 Å². The normalized spacial score (nSPS) is 21.3. The Kier molecular flexibility index (Phi) is 5.99. The van der Waals surface area contributed by atoms with Gasteiger partial charge >= 0.3 is 0 Å². The maximum absolute atomic E-state index is 12.8. The summed E-state index contributed by atoms with van der Waals surface area (Å²) in [7, 11) is -3.45. The van der Waals surface area contributed by atoms with Gasteiger partial charge in [0.25, 0.3) is 5.91 Å². The molecule has 1 amide bonds. The van der Waals surface area contributed by atoms with Crippen molar-refractivity contribution in [2.75, 3.05) is 39.1 Å². The van der Waals surface area contributed by atoms with E-state index >= 15 is 0 Å². The molecule has 1 N–H and O–H groups in total. The molecule has 2 aliphatic heterocycles. The van der Waals surface area contributed by atoms with E-state index in [0.29, 0.717) is 19.8 Å². The second-order valence-electron chi connectivity index (χ2n) is 7.34. The van der Waals surface area contributed by atoms with Gasteiger partial charge in [-0.3, -0.25) is 9.69 Å². The number of carbonyl (C=O) groups is 1. The molecule has 0 spiro atoms. The number of ether oxygens (including phenoxy) is 1. The Morgan fingerprint density at radius 2 is 1.81 bits per heavy atom. The lowest BCUT2D eigenvalue weighted by Crippen LogP contribution is -2.59. The molecule has 1 aromatic rings.